The van der Waals surface area contributed by atoms with Gasteiger partial charge in [-0.05, 0) is 43.7 Å². The Morgan fingerprint density at radius 3 is 3.04 bits per heavy atom. The van der Waals surface area contributed by atoms with Crippen molar-refractivity contribution in [3.05, 3.63) is 34.9 Å². The molecular formula is C19H28N2O3. The van der Waals surface area contributed by atoms with Gasteiger partial charge in [-0.25, -0.2) is 4.79 Å². The molecule has 1 aliphatic heterocycles. The van der Waals surface area contributed by atoms with Crippen molar-refractivity contribution in [1.82, 2.24) is 10.2 Å². The second-order valence-electron chi connectivity index (χ2n) is 7.32. The van der Waals surface area contributed by atoms with Gasteiger partial charge in [-0.2, -0.15) is 0 Å². The molecule has 2 N–H and O–H groups in total. The Hall–Kier alpha value is -1.59. The van der Waals surface area contributed by atoms with Crippen molar-refractivity contribution in [3.63, 3.8) is 0 Å². The van der Waals surface area contributed by atoms with E-state index >= 15 is 0 Å². The third kappa shape index (κ3) is 3.57. The first-order chi connectivity index (χ1) is 11.5. The number of aliphatic hydroxyl groups excluding tert-OH is 1. The van der Waals surface area contributed by atoms with E-state index in [9.17, 15) is 9.90 Å². The van der Waals surface area contributed by atoms with Crippen molar-refractivity contribution in [1.29, 1.82) is 0 Å². The number of aliphatic hydroxyl groups is 1. The predicted octanol–water partition coefficient (Wildman–Crippen LogP) is 2.41. The Labute approximate surface area is 144 Å². The fraction of sp³-hybridized carbons (Fsp3) is 0.632. The second kappa shape index (κ2) is 7.11. The van der Waals surface area contributed by atoms with E-state index < -0.39 is 6.10 Å². The normalized spacial score (nSPS) is 27.7. The predicted molar refractivity (Wildman–Crippen MR) is 92.9 cm³/mol. The second-order valence-corrected chi connectivity index (χ2v) is 7.32. The van der Waals surface area contributed by atoms with Gasteiger partial charge >= 0.3 is 6.03 Å². The smallest absolute Gasteiger partial charge is 0.318 e. The minimum Gasteiger partial charge on any atom is -0.393 e. The number of morpholine rings is 1. The molecule has 1 fully saturated rings. The van der Waals surface area contributed by atoms with Crippen LogP contribution in [0.4, 0.5) is 4.79 Å². The summed E-state index contributed by atoms with van der Waals surface area (Å²) in [7, 11) is 0. The standard InChI is InChI=1S/C19H28N2O3/c1-12-4-5-15-9-13(2)18(17(15)8-12)20-19(23)21-6-7-24-11-16(21)10-14(3)22/h4-5,8,13-14,16,18,22H,6-7,9-11H2,1-3H3,(H,20,23)/t13-,14-,16-,18+/m0/s1. The number of nitrogens with zero attached hydrogens (tertiary/aromatic N) is 1. The lowest BCUT2D eigenvalue weighted by Gasteiger charge is -2.37. The molecule has 0 spiro atoms. The van der Waals surface area contributed by atoms with E-state index in [1.54, 1.807) is 6.92 Å². The SMILES string of the molecule is Cc1ccc2c(c1)[C@H](NC(=O)N1CCOC[C@@H]1C[C@H](C)O)[C@@H](C)C2. The van der Waals surface area contributed by atoms with Crippen LogP contribution in [0.1, 0.15) is 43.0 Å². The number of urea groups is 1. The van der Waals surface area contributed by atoms with Gasteiger partial charge in [0.25, 0.3) is 0 Å². The molecule has 1 aliphatic carbocycles. The number of fused-ring (bicyclic) bond motifs is 1. The summed E-state index contributed by atoms with van der Waals surface area (Å²) in [4.78, 5) is 14.7. The van der Waals surface area contributed by atoms with Crippen LogP contribution < -0.4 is 5.32 Å². The number of ether oxygens (including phenoxy) is 1. The van der Waals surface area contributed by atoms with E-state index in [0.29, 0.717) is 32.1 Å². The van der Waals surface area contributed by atoms with Crippen molar-refractivity contribution in [3.8, 4) is 0 Å². The molecule has 1 aromatic rings. The molecule has 24 heavy (non-hydrogen) atoms. The highest BCUT2D eigenvalue weighted by Gasteiger charge is 2.34. The quantitative estimate of drug-likeness (QED) is 0.893. The molecule has 1 saturated heterocycles. The largest absolute Gasteiger partial charge is 0.393 e. The summed E-state index contributed by atoms with van der Waals surface area (Å²) in [6.45, 7) is 7.65. The third-order valence-electron chi connectivity index (χ3n) is 5.13. The van der Waals surface area contributed by atoms with Crippen LogP contribution in [0.2, 0.25) is 0 Å². The first-order valence-electron chi connectivity index (χ1n) is 8.88. The van der Waals surface area contributed by atoms with E-state index in [1.165, 1.54) is 16.7 Å². The number of hydrogen-bond donors (Lipinski definition) is 2. The Kier molecular flexibility index (Phi) is 5.11. The molecule has 5 nitrogen and oxygen atoms in total. The molecule has 2 amide bonds. The van der Waals surface area contributed by atoms with Crippen LogP contribution in [0, 0.1) is 12.8 Å². The van der Waals surface area contributed by atoms with Gasteiger partial charge in [0.15, 0.2) is 0 Å². The molecule has 132 valence electrons. The lowest BCUT2D eigenvalue weighted by Crippen LogP contribution is -2.54. The molecule has 0 bridgehead atoms. The van der Waals surface area contributed by atoms with Crippen molar-refractivity contribution in [2.75, 3.05) is 19.8 Å². The number of amides is 2. The van der Waals surface area contributed by atoms with E-state index in [1.807, 2.05) is 4.90 Å². The number of carbonyl (C=O) groups is 1. The highest BCUT2D eigenvalue weighted by molar-refractivity contribution is 5.75. The zero-order valence-electron chi connectivity index (χ0n) is 14.8. The van der Waals surface area contributed by atoms with E-state index in [-0.39, 0.29) is 18.1 Å². The van der Waals surface area contributed by atoms with Crippen molar-refractivity contribution >= 4 is 6.03 Å². The van der Waals surface area contributed by atoms with Crippen LogP contribution in [-0.2, 0) is 11.2 Å². The van der Waals surface area contributed by atoms with Crippen LogP contribution >= 0.6 is 0 Å². The van der Waals surface area contributed by atoms with E-state index in [0.717, 1.165) is 6.42 Å². The van der Waals surface area contributed by atoms with Crippen LogP contribution in [0.15, 0.2) is 18.2 Å². The third-order valence-corrected chi connectivity index (χ3v) is 5.13. The molecule has 4 atom stereocenters. The molecule has 2 aliphatic rings. The molecule has 0 aromatic heterocycles. The monoisotopic (exact) mass is 332 g/mol. The Morgan fingerprint density at radius 1 is 1.50 bits per heavy atom. The van der Waals surface area contributed by atoms with Gasteiger partial charge < -0.3 is 20.1 Å². The average molecular weight is 332 g/mol. The van der Waals surface area contributed by atoms with Gasteiger partial charge in [-0.15, -0.1) is 0 Å². The Balaban J connectivity index is 1.73. The summed E-state index contributed by atoms with van der Waals surface area (Å²) < 4.78 is 5.49. The van der Waals surface area contributed by atoms with E-state index in [4.69, 9.17) is 4.74 Å². The number of benzene rings is 1. The van der Waals surface area contributed by atoms with Crippen molar-refractivity contribution < 1.29 is 14.6 Å². The lowest BCUT2D eigenvalue weighted by molar-refractivity contribution is -0.00507. The average Bonchev–Trinajstić information content (AvgIpc) is 2.83. The highest BCUT2D eigenvalue weighted by atomic mass is 16.5. The topological polar surface area (TPSA) is 61.8 Å². The fourth-order valence-corrected chi connectivity index (χ4v) is 3.91. The highest BCUT2D eigenvalue weighted by Crippen LogP contribution is 2.36. The number of carbonyl (C=O) groups excluding carboxylic acids is 1. The van der Waals surface area contributed by atoms with Crippen LogP contribution in [0.3, 0.4) is 0 Å². The van der Waals surface area contributed by atoms with Gasteiger partial charge in [0.2, 0.25) is 0 Å². The van der Waals surface area contributed by atoms with Gasteiger partial charge in [0, 0.05) is 6.54 Å². The van der Waals surface area contributed by atoms with Crippen LogP contribution in [0.25, 0.3) is 0 Å². The number of hydrogen-bond acceptors (Lipinski definition) is 3. The number of rotatable bonds is 3. The summed E-state index contributed by atoms with van der Waals surface area (Å²) in [5, 5.41) is 12.9. The van der Waals surface area contributed by atoms with Gasteiger partial charge in [0.05, 0.1) is 31.4 Å². The molecule has 0 radical (unpaired) electrons. The minimum atomic E-state index is -0.444. The van der Waals surface area contributed by atoms with E-state index in [2.05, 4.69) is 37.4 Å². The van der Waals surface area contributed by atoms with Gasteiger partial charge in [-0.3, -0.25) is 0 Å². The van der Waals surface area contributed by atoms with Gasteiger partial charge in [-0.1, -0.05) is 30.7 Å². The zero-order chi connectivity index (χ0) is 17.3. The Bertz CT molecular complexity index is 602. The van der Waals surface area contributed by atoms with Gasteiger partial charge in [0.1, 0.15) is 0 Å². The molecule has 0 saturated carbocycles. The first-order valence-corrected chi connectivity index (χ1v) is 8.88. The van der Waals surface area contributed by atoms with Crippen LogP contribution in [-0.4, -0.2) is 47.9 Å². The maximum atomic E-state index is 12.9. The lowest BCUT2D eigenvalue weighted by atomic mass is 10.0. The summed E-state index contributed by atoms with van der Waals surface area (Å²) in [6, 6.07) is 6.45. The molecule has 1 heterocycles. The number of nitrogens with one attached hydrogen (secondary N) is 1. The number of aryl methyl sites for hydroxylation is 1. The van der Waals surface area contributed by atoms with Crippen molar-refractivity contribution in [2.24, 2.45) is 5.92 Å². The fourth-order valence-electron chi connectivity index (χ4n) is 3.91. The molecule has 1 aromatic carbocycles. The zero-order valence-corrected chi connectivity index (χ0v) is 14.8. The summed E-state index contributed by atoms with van der Waals surface area (Å²) >= 11 is 0. The first kappa shape index (κ1) is 17.2. The molecule has 3 rings (SSSR count). The molecular weight excluding hydrogens is 304 g/mol. The Morgan fingerprint density at radius 2 is 2.29 bits per heavy atom. The van der Waals surface area contributed by atoms with Crippen molar-refractivity contribution in [2.45, 2.75) is 51.8 Å². The molecule has 0 unspecified atom stereocenters. The maximum Gasteiger partial charge on any atom is 0.318 e. The molecule has 5 heteroatoms. The summed E-state index contributed by atoms with van der Waals surface area (Å²) in [5.41, 5.74) is 3.80. The summed E-state index contributed by atoms with van der Waals surface area (Å²) in [5.74, 6) is 0.391. The van der Waals surface area contributed by atoms with Crippen LogP contribution in [0.5, 0.6) is 0 Å². The minimum absolute atomic E-state index is 0.0462. The summed E-state index contributed by atoms with van der Waals surface area (Å²) in [6.07, 6.45) is 1.10. The maximum absolute atomic E-state index is 12.9.